The number of halogens is 3. The van der Waals surface area contributed by atoms with Gasteiger partial charge in [0, 0.05) is 43.4 Å². The number of aliphatic hydroxyl groups excluding tert-OH is 1. The zero-order valence-electron chi connectivity index (χ0n) is 14.2. The standard InChI is InChI=1S/C19H21Cl2FN2O2/c20-14-1-6-19(18(21)11-14)26-13-17(25)12-23-7-9-24(10-8-23)16-4-2-15(22)3-5-16/h1-6,11,17,25H,7-10,12-13H2/t17-/m0/s1. The number of aliphatic hydroxyl groups is 1. The minimum Gasteiger partial charge on any atom is -0.489 e. The zero-order chi connectivity index (χ0) is 18.5. The maximum atomic E-state index is 13.0. The van der Waals surface area contributed by atoms with Gasteiger partial charge in [-0.2, -0.15) is 0 Å². The van der Waals surface area contributed by atoms with E-state index in [1.165, 1.54) is 12.1 Å². The van der Waals surface area contributed by atoms with Crippen molar-refractivity contribution in [3.8, 4) is 5.75 Å². The van der Waals surface area contributed by atoms with Crippen molar-refractivity contribution >= 4 is 28.9 Å². The molecule has 0 aliphatic carbocycles. The van der Waals surface area contributed by atoms with Crippen LogP contribution in [0.3, 0.4) is 0 Å². The Labute approximate surface area is 162 Å². The van der Waals surface area contributed by atoms with Gasteiger partial charge >= 0.3 is 0 Å². The third kappa shape index (κ3) is 5.24. The van der Waals surface area contributed by atoms with Gasteiger partial charge in [-0.15, -0.1) is 0 Å². The first-order valence-electron chi connectivity index (χ1n) is 8.50. The van der Waals surface area contributed by atoms with Crippen LogP contribution in [0.15, 0.2) is 42.5 Å². The highest BCUT2D eigenvalue weighted by atomic mass is 35.5. The van der Waals surface area contributed by atoms with Crippen LogP contribution in [0.4, 0.5) is 10.1 Å². The summed E-state index contributed by atoms with van der Waals surface area (Å²) in [5.41, 5.74) is 1.02. The highest BCUT2D eigenvalue weighted by Crippen LogP contribution is 2.27. The van der Waals surface area contributed by atoms with E-state index in [9.17, 15) is 9.50 Å². The number of hydrogen-bond donors (Lipinski definition) is 1. The van der Waals surface area contributed by atoms with Gasteiger partial charge in [0.15, 0.2) is 0 Å². The van der Waals surface area contributed by atoms with E-state index in [4.69, 9.17) is 27.9 Å². The number of ether oxygens (including phenoxy) is 1. The van der Waals surface area contributed by atoms with Crippen LogP contribution >= 0.6 is 23.2 Å². The van der Waals surface area contributed by atoms with E-state index in [1.807, 2.05) is 0 Å². The van der Waals surface area contributed by atoms with Crippen LogP contribution in [-0.2, 0) is 0 Å². The van der Waals surface area contributed by atoms with Crippen LogP contribution in [0.5, 0.6) is 5.75 Å². The van der Waals surface area contributed by atoms with Crippen LogP contribution in [0.1, 0.15) is 0 Å². The Kier molecular flexibility index (Phi) is 6.59. The summed E-state index contributed by atoms with van der Waals surface area (Å²) in [6.45, 7) is 4.03. The van der Waals surface area contributed by atoms with Crippen LogP contribution in [0, 0.1) is 5.82 Å². The van der Waals surface area contributed by atoms with E-state index in [0.717, 1.165) is 31.9 Å². The fraction of sp³-hybridized carbons (Fsp3) is 0.368. The summed E-state index contributed by atoms with van der Waals surface area (Å²) in [6.07, 6.45) is -0.612. The molecule has 0 bridgehead atoms. The van der Waals surface area contributed by atoms with Gasteiger partial charge in [0.05, 0.1) is 5.02 Å². The minimum absolute atomic E-state index is 0.166. The van der Waals surface area contributed by atoms with Crippen molar-refractivity contribution in [2.24, 2.45) is 0 Å². The van der Waals surface area contributed by atoms with Gasteiger partial charge in [-0.25, -0.2) is 4.39 Å². The first kappa shape index (κ1) is 19.2. The smallest absolute Gasteiger partial charge is 0.138 e. The topological polar surface area (TPSA) is 35.9 Å². The second-order valence-corrected chi connectivity index (χ2v) is 7.15. The maximum Gasteiger partial charge on any atom is 0.138 e. The molecule has 7 heteroatoms. The van der Waals surface area contributed by atoms with Crippen molar-refractivity contribution in [3.05, 3.63) is 58.3 Å². The van der Waals surface area contributed by atoms with Crippen molar-refractivity contribution in [2.45, 2.75) is 6.10 Å². The predicted octanol–water partition coefficient (Wildman–Crippen LogP) is 3.69. The zero-order valence-corrected chi connectivity index (χ0v) is 15.8. The Bertz CT molecular complexity index is 722. The number of nitrogens with zero attached hydrogens (tertiary/aromatic N) is 2. The molecule has 26 heavy (non-hydrogen) atoms. The lowest BCUT2D eigenvalue weighted by molar-refractivity contribution is 0.0663. The highest BCUT2D eigenvalue weighted by molar-refractivity contribution is 6.35. The monoisotopic (exact) mass is 398 g/mol. The summed E-state index contributed by atoms with van der Waals surface area (Å²) in [6, 6.07) is 11.5. The first-order chi connectivity index (χ1) is 12.5. The molecule has 0 unspecified atom stereocenters. The summed E-state index contributed by atoms with van der Waals surface area (Å²) >= 11 is 11.9. The van der Waals surface area contributed by atoms with E-state index < -0.39 is 6.10 Å². The second kappa shape index (κ2) is 8.91. The van der Waals surface area contributed by atoms with Gasteiger partial charge in [-0.1, -0.05) is 23.2 Å². The average Bonchev–Trinajstić information content (AvgIpc) is 2.62. The molecule has 0 aromatic heterocycles. The number of piperazine rings is 1. The van der Waals surface area contributed by atoms with Crippen molar-refractivity contribution in [1.29, 1.82) is 0 Å². The maximum absolute atomic E-state index is 13.0. The van der Waals surface area contributed by atoms with Crippen LogP contribution in [-0.4, -0.2) is 55.4 Å². The minimum atomic E-state index is -0.612. The van der Waals surface area contributed by atoms with Gasteiger partial charge < -0.3 is 14.7 Å². The quantitative estimate of drug-likeness (QED) is 0.804. The summed E-state index contributed by atoms with van der Waals surface area (Å²) in [5.74, 6) is 0.285. The van der Waals surface area contributed by atoms with Crippen molar-refractivity contribution in [2.75, 3.05) is 44.2 Å². The van der Waals surface area contributed by atoms with Crippen molar-refractivity contribution < 1.29 is 14.2 Å². The third-order valence-corrected chi connectivity index (χ3v) is 4.89. The Balaban J connectivity index is 1.43. The number of benzene rings is 2. The van der Waals surface area contributed by atoms with E-state index in [0.29, 0.717) is 22.3 Å². The lowest BCUT2D eigenvalue weighted by Gasteiger charge is -2.36. The van der Waals surface area contributed by atoms with Crippen LogP contribution in [0.2, 0.25) is 10.0 Å². The summed E-state index contributed by atoms with van der Waals surface area (Å²) < 4.78 is 18.6. The third-order valence-electron chi connectivity index (χ3n) is 4.36. The molecule has 0 saturated carbocycles. The predicted molar refractivity (Wildman–Crippen MR) is 103 cm³/mol. The molecular weight excluding hydrogens is 378 g/mol. The van der Waals surface area contributed by atoms with E-state index in [-0.39, 0.29) is 12.4 Å². The first-order valence-corrected chi connectivity index (χ1v) is 9.25. The molecule has 1 aliphatic rings. The molecule has 2 aromatic carbocycles. The molecule has 0 spiro atoms. The van der Waals surface area contributed by atoms with Crippen molar-refractivity contribution in [3.63, 3.8) is 0 Å². The largest absolute Gasteiger partial charge is 0.489 e. The Hall–Kier alpha value is -1.53. The number of rotatable bonds is 6. The van der Waals surface area contributed by atoms with Gasteiger partial charge in [0.25, 0.3) is 0 Å². The fourth-order valence-electron chi connectivity index (χ4n) is 2.97. The number of hydrogen-bond acceptors (Lipinski definition) is 4. The van der Waals surface area contributed by atoms with E-state index >= 15 is 0 Å². The van der Waals surface area contributed by atoms with Gasteiger partial charge in [-0.05, 0) is 42.5 Å². The summed E-state index contributed by atoms with van der Waals surface area (Å²) in [4.78, 5) is 4.41. The fourth-order valence-corrected chi connectivity index (χ4v) is 3.43. The molecule has 1 N–H and O–H groups in total. The van der Waals surface area contributed by atoms with Crippen LogP contribution in [0.25, 0.3) is 0 Å². The molecule has 0 amide bonds. The number of β-amino-alcohol motifs (C(OH)–C–C–N with tert-alkyl or cyclic N) is 1. The molecular formula is C19H21Cl2FN2O2. The Morgan fingerprint density at radius 2 is 1.73 bits per heavy atom. The Morgan fingerprint density at radius 3 is 2.38 bits per heavy atom. The molecule has 1 heterocycles. The molecule has 1 fully saturated rings. The second-order valence-electron chi connectivity index (χ2n) is 6.30. The lowest BCUT2D eigenvalue weighted by Crippen LogP contribution is -2.49. The van der Waals surface area contributed by atoms with Gasteiger partial charge in [0.1, 0.15) is 24.3 Å². The van der Waals surface area contributed by atoms with Gasteiger partial charge in [0.2, 0.25) is 0 Å². The molecule has 0 radical (unpaired) electrons. The molecule has 2 aromatic rings. The molecule has 3 rings (SSSR count). The van der Waals surface area contributed by atoms with Crippen LogP contribution < -0.4 is 9.64 Å². The van der Waals surface area contributed by atoms with E-state index in [2.05, 4.69) is 9.80 Å². The normalized spacial score (nSPS) is 16.5. The molecule has 1 saturated heterocycles. The summed E-state index contributed by atoms with van der Waals surface area (Å²) in [5, 5.41) is 11.2. The number of anilines is 1. The highest BCUT2D eigenvalue weighted by Gasteiger charge is 2.20. The van der Waals surface area contributed by atoms with E-state index in [1.54, 1.807) is 30.3 Å². The van der Waals surface area contributed by atoms with Crippen molar-refractivity contribution in [1.82, 2.24) is 4.90 Å². The molecule has 1 atom stereocenters. The SMILES string of the molecule is O[C@H](COc1ccc(Cl)cc1Cl)CN1CCN(c2ccc(F)cc2)CC1. The lowest BCUT2D eigenvalue weighted by atomic mass is 10.2. The molecule has 140 valence electrons. The Morgan fingerprint density at radius 1 is 1.04 bits per heavy atom. The van der Waals surface area contributed by atoms with Gasteiger partial charge in [-0.3, -0.25) is 4.90 Å². The average molecular weight is 399 g/mol. The molecule has 1 aliphatic heterocycles. The molecule has 4 nitrogen and oxygen atoms in total. The summed E-state index contributed by atoms with van der Waals surface area (Å²) in [7, 11) is 0.